The van der Waals surface area contributed by atoms with Gasteiger partial charge < -0.3 is 0 Å². The van der Waals surface area contributed by atoms with Crippen LogP contribution in [0.1, 0.15) is 33.7 Å². The highest BCUT2D eigenvalue weighted by Gasteiger charge is 2.68. The molecule has 3 aliphatic carbocycles. The lowest BCUT2D eigenvalue weighted by molar-refractivity contribution is -0.123. The second kappa shape index (κ2) is 10.00. The minimum atomic E-state index is -1.08. The molecule has 0 unspecified atom stereocenters. The third kappa shape index (κ3) is 3.67. The molecule has 2 atom stereocenters. The number of hydrogen-bond acceptors (Lipinski definition) is 4. The molecular formula is C37H26ClN3O3. The summed E-state index contributed by atoms with van der Waals surface area (Å²) >= 11 is 6.54. The van der Waals surface area contributed by atoms with Crippen molar-refractivity contribution < 1.29 is 14.4 Å². The molecule has 0 spiro atoms. The number of amides is 3. The molecule has 2 bridgehead atoms. The number of fused-ring (bicyclic) bond motifs is 1. The van der Waals surface area contributed by atoms with Crippen LogP contribution in [0.2, 0.25) is 5.02 Å². The van der Waals surface area contributed by atoms with E-state index in [1.807, 2.05) is 91.0 Å². The second-order valence-electron chi connectivity index (χ2n) is 11.6. The summed E-state index contributed by atoms with van der Waals surface area (Å²) in [5.41, 5.74) is 6.74. The van der Waals surface area contributed by atoms with Gasteiger partial charge in [0.25, 0.3) is 0 Å². The second-order valence-corrected chi connectivity index (χ2v) is 12.0. The van der Waals surface area contributed by atoms with Gasteiger partial charge in [-0.05, 0) is 50.7 Å². The van der Waals surface area contributed by atoms with Crippen molar-refractivity contribution in [3.8, 4) is 0 Å². The van der Waals surface area contributed by atoms with Crippen LogP contribution in [0.3, 0.4) is 0 Å². The van der Waals surface area contributed by atoms with E-state index in [4.69, 9.17) is 11.6 Å². The van der Waals surface area contributed by atoms with E-state index in [-0.39, 0.29) is 30.1 Å². The lowest BCUT2D eigenvalue weighted by Gasteiger charge is -2.52. The molecule has 1 aliphatic heterocycles. The lowest BCUT2D eigenvalue weighted by Crippen LogP contribution is -2.54. The van der Waals surface area contributed by atoms with E-state index in [9.17, 15) is 14.4 Å². The first-order valence-electron chi connectivity index (χ1n) is 14.6. The van der Waals surface area contributed by atoms with Crippen LogP contribution in [0, 0.1) is 11.8 Å². The lowest BCUT2D eigenvalue weighted by atomic mass is 9.47. The molecular weight excluding hydrogens is 570 g/mol. The Hall–Kier alpha value is -5.07. The van der Waals surface area contributed by atoms with Gasteiger partial charge in [-0.2, -0.15) is 5.10 Å². The van der Waals surface area contributed by atoms with Gasteiger partial charge in [-0.1, -0.05) is 115 Å². The van der Waals surface area contributed by atoms with Crippen LogP contribution in [0.4, 0.5) is 5.69 Å². The van der Waals surface area contributed by atoms with Gasteiger partial charge in [-0.3, -0.25) is 14.4 Å². The Morgan fingerprint density at radius 3 is 2.18 bits per heavy atom. The van der Waals surface area contributed by atoms with Crippen LogP contribution in [0.15, 0.2) is 120 Å². The fourth-order valence-electron chi connectivity index (χ4n) is 7.79. The van der Waals surface area contributed by atoms with Crippen LogP contribution in [-0.2, 0) is 26.2 Å². The van der Waals surface area contributed by atoms with E-state index in [0.29, 0.717) is 10.7 Å². The van der Waals surface area contributed by atoms with Gasteiger partial charge in [0.2, 0.25) is 17.7 Å². The number of imide groups is 1. The molecule has 1 N–H and O–H groups in total. The van der Waals surface area contributed by atoms with Crippen molar-refractivity contribution in [2.24, 2.45) is 16.9 Å². The van der Waals surface area contributed by atoms with Crippen molar-refractivity contribution in [2.75, 3.05) is 4.90 Å². The van der Waals surface area contributed by atoms with Crippen molar-refractivity contribution >= 4 is 52.0 Å². The quantitative estimate of drug-likeness (QED) is 0.145. The normalized spacial score (nSPS) is 23.1. The molecule has 1 saturated heterocycles. The minimum Gasteiger partial charge on any atom is -0.274 e. The summed E-state index contributed by atoms with van der Waals surface area (Å²) in [5, 5.41) is 6.94. The van der Waals surface area contributed by atoms with E-state index in [1.54, 1.807) is 30.5 Å². The number of nitrogens with one attached hydrogen (secondary N) is 1. The van der Waals surface area contributed by atoms with Gasteiger partial charge >= 0.3 is 0 Å². The van der Waals surface area contributed by atoms with E-state index in [1.165, 1.54) is 4.90 Å². The smallest absolute Gasteiger partial charge is 0.244 e. The average Bonchev–Trinajstić information content (AvgIpc) is 3.32. The standard InChI is InChI=1S/C37H26ClN3O3/c38-29-18-7-8-19-30(29)41-35(43)33-32-25-14-3-5-16-27(25)37(34(33)36(41)44,28-17-6-4-15-26(28)32)21-39-40-31(42)20-23-12-9-11-22-10-1-2-13-24(22)23/h1-19,21,32-34H,20H2,(H,40,42)/b39-21-/t32?,33-,34+,37?/m1/s1. The summed E-state index contributed by atoms with van der Waals surface area (Å²) in [6.45, 7) is 0. The third-order valence-corrected chi connectivity index (χ3v) is 9.79. The zero-order chi connectivity index (χ0) is 30.0. The first-order valence-corrected chi connectivity index (χ1v) is 15.0. The first-order chi connectivity index (χ1) is 21.5. The number of carbonyl (C=O) groups is 3. The number of benzene rings is 5. The Labute approximate surface area is 259 Å². The molecule has 0 saturated carbocycles. The first kappa shape index (κ1) is 26.5. The van der Waals surface area contributed by atoms with Crippen LogP contribution in [0.5, 0.6) is 0 Å². The molecule has 6 nitrogen and oxygen atoms in total. The number of halogens is 1. The summed E-state index contributed by atoms with van der Waals surface area (Å²) in [5.74, 6) is -2.59. The summed E-state index contributed by atoms with van der Waals surface area (Å²) in [6.07, 6.45) is 1.82. The highest BCUT2D eigenvalue weighted by atomic mass is 35.5. The Morgan fingerprint density at radius 2 is 1.43 bits per heavy atom. The third-order valence-electron chi connectivity index (χ3n) is 9.47. The Morgan fingerprint density at radius 1 is 0.795 bits per heavy atom. The van der Waals surface area contributed by atoms with E-state index >= 15 is 0 Å². The molecule has 1 fully saturated rings. The number of para-hydroxylation sites is 1. The van der Waals surface area contributed by atoms with E-state index in [2.05, 4.69) is 10.5 Å². The SMILES string of the molecule is O=C(Cc1cccc2ccccc12)N/N=C\C12c3ccccc3C(c3ccccc31)[C@H]1C(=O)N(c3ccccc3Cl)C(=O)[C@H]12. The topological polar surface area (TPSA) is 78.8 Å². The molecule has 44 heavy (non-hydrogen) atoms. The predicted octanol–water partition coefficient (Wildman–Crippen LogP) is 6.39. The van der Waals surface area contributed by atoms with E-state index in [0.717, 1.165) is 38.6 Å². The molecule has 5 aromatic rings. The summed E-state index contributed by atoms with van der Waals surface area (Å²) in [4.78, 5) is 43.3. The van der Waals surface area contributed by atoms with Crippen molar-refractivity contribution in [3.05, 3.63) is 148 Å². The molecule has 3 amide bonds. The maximum Gasteiger partial charge on any atom is 0.244 e. The predicted molar refractivity (Wildman–Crippen MR) is 171 cm³/mol. The van der Waals surface area contributed by atoms with Crippen LogP contribution < -0.4 is 10.3 Å². The zero-order valence-electron chi connectivity index (χ0n) is 23.5. The Bertz CT molecular complexity index is 2000. The maximum atomic E-state index is 14.5. The average molecular weight is 596 g/mol. The molecule has 5 aromatic carbocycles. The number of rotatable bonds is 5. The number of anilines is 1. The maximum absolute atomic E-state index is 14.5. The number of hydrazone groups is 1. The molecule has 9 rings (SSSR count). The number of hydrogen-bond donors (Lipinski definition) is 1. The molecule has 1 heterocycles. The van der Waals surface area contributed by atoms with Crippen molar-refractivity contribution in [1.82, 2.24) is 5.43 Å². The van der Waals surface area contributed by atoms with Crippen molar-refractivity contribution in [2.45, 2.75) is 17.8 Å². The van der Waals surface area contributed by atoms with Gasteiger partial charge in [0.15, 0.2) is 0 Å². The van der Waals surface area contributed by atoms with Gasteiger partial charge in [0.1, 0.15) is 0 Å². The van der Waals surface area contributed by atoms with Gasteiger partial charge in [0.05, 0.1) is 34.4 Å². The fraction of sp³-hybridized carbons (Fsp3) is 0.135. The molecule has 4 aliphatic rings. The highest BCUT2D eigenvalue weighted by Crippen LogP contribution is 2.63. The van der Waals surface area contributed by atoms with Crippen LogP contribution in [-0.4, -0.2) is 23.9 Å². The summed E-state index contributed by atoms with van der Waals surface area (Å²) in [6, 6.07) is 36.7. The van der Waals surface area contributed by atoms with Gasteiger partial charge in [-0.15, -0.1) is 0 Å². The van der Waals surface area contributed by atoms with Crippen molar-refractivity contribution in [3.63, 3.8) is 0 Å². The molecule has 214 valence electrons. The molecule has 0 radical (unpaired) electrons. The highest BCUT2D eigenvalue weighted by molar-refractivity contribution is 6.36. The summed E-state index contributed by atoms with van der Waals surface area (Å²) < 4.78 is 0. The summed E-state index contributed by atoms with van der Waals surface area (Å²) in [7, 11) is 0. The van der Waals surface area contributed by atoms with E-state index < -0.39 is 17.3 Å². The van der Waals surface area contributed by atoms with Gasteiger partial charge in [-0.25, -0.2) is 10.3 Å². The Kier molecular flexibility index (Phi) is 6.03. The zero-order valence-corrected chi connectivity index (χ0v) is 24.2. The largest absolute Gasteiger partial charge is 0.274 e. The number of nitrogens with zero attached hydrogens (tertiary/aromatic N) is 2. The minimum absolute atomic E-state index is 0.144. The van der Waals surface area contributed by atoms with Crippen LogP contribution >= 0.6 is 11.6 Å². The van der Waals surface area contributed by atoms with Gasteiger partial charge in [0, 0.05) is 12.1 Å². The number of carbonyl (C=O) groups excluding carboxylic acids is 3. The molecule has 7 heteroatoms. The monoisotopic (exact) mass is 595 g/mol. The molecule has 0 aromatic heterocycles. The Balaban J connectivity index is 1.23. The van der Waals surface area contributed by atoms with Crippen LogP contribution in [0.25, 0.3) is 10.8 Å². The van der Waals surface area contributed by atoms with Crippen molar-refractivity contribution in [1.29, 1.82) is 0 Å². The fourth-order valence-corrected chi connectivity index (χ4v) is 8.01.